The quantitative estimate of drug-likeness (QED) is 0.388. The fraction of sp³-hybridized carbons (Fsp3) is 0.333. The Morgan fingerprint density at radius 1 is 0.879 bits per heavy atom. The van der Waals surface area contributed by atoms with Gasteiger partial charge < -0.3 is 23.7 Å². The van der Waals surface area contributed by atoms with E-state index in [2.05, 4.69) is 0 Å². The Morgan fingerprint density at radius 3 is 1.97 bits per heavy atom. The number of carbonyl (C=O) groups excluding carboxylic acids is 1. The average Bonchev–Trinajstić information content (AvgIpc) is 3.17. The molecule has 0 aliphatic rings. The van der Waals surface area contributed by atoms with Crippen molar-refractivity contribution in [3.63, 3.8) is 0 Å². The van der Waals surface area contributed by atoms with Crippen molar-refractivity contribution >= 4 is 17.6 Å². The molecule has 1 heterocycles. The number of aromatic nitrogens is 2. The molecule has 1 aromatic heterocycles. The number of benzene rings is 2. The van der Waals surface area contributed by atoms with Crippen LogP contribution in [0.5, 0.6) is 23.0 Å². The van der Waals surface area contributed by atoms with E-state index in [0.717, 1.165) is 11.1 Å². The molecule has 0 atom stereocenters. The lowest BCUT2D eigenvalue weighted by Gasteiger charge is -2.12. The van der Waals surface area contributed by atoms with Gasteiger partial charge in [0.05, 0.1) is 58.7 Å². The highest BCUT2D eigenvalue weighted by Crippen LogP contribution is 2.41. The summed E-state index contributed by atoms with van der Waals surface area (Å²) in [7, 11) is 6.28. The lowest BCUT2D eigenvalue weighted by Crippen LogP contribution is -2.11. The second-order valence-electron chi connectivity index (χ2n) is 6.93. The number of nitrogens with zero attached hydrogens (tertiary/aromatic N) is 2. The van der Waals surface area contributed by atoms with Crippen molar-refractivity contribution < 1.29 is 28.5 Å². The molecular formula is C24H27ClN2O6. The van der Waals surface area contributed by atoms with Gasteiger partial charge in [0, 0.05) is 11.1 Å². The lowest BCUT2D eigenvalue weighted by atomic mass is 10.1. The smallest absolute Gasteiger partial charge is 0.307 e. The van der Waals surface area contributed by atoms with Gasteiger partial charge >= 0.3 is 5.97 Å². The summed E-state index contributed by atoms with van der Waals surface area (Å²) in [6.07, 6.45) is 0.150. The van der Waals surface area contributed by atoms with Crippen molar-refractivity contribution in [2.75, 3.05) is 35.0 Å². The van der Waals surface area contributed by atoms with Crippen LogP contribution in [0.4, 0.5) is 0 Å². The van der Waals surface area contributed by atoms with Crippen LogP contribution < -0.4 is 18.9 Å². The highest BCUT2D eigenvalue weighted by Gasteiger charge is 2.22. The standard InChI is InChI=1S/C24H27ClN2O6/c1-6-33-21(28)11-12-27-24(16-8-10-18(30-3)20(14-16)32-5)22(25)23(26-27)15-7-9-17(29-2)19(13-15)31-4/h7-10,13-14H,6,11-12H2,1-5H3. The zero-order valence-corrected chi connectivity index (χ0v) is 20.1. The number of halogens is 1. The average molecular weight is 475 g/mol. The van der Waals surface area contributed by atoms with Gasteiger partial charge in [-0.25, -0.2) is 0 Å². The largest absolute Gasteiger partial charge is 0.493 e. The first-order valence-electron chi connectivity index (χ1n) is 10.3. The molecule has 33 heavy (non-hydrogen) atoms. The molecule has 0 spiro atoms. The molecule has 2 aromatic carbocycles. The third-order valence-electron chi connectivity index (χ3n) is 5.04. The molecule has 0 aliphatic heterocycles. The summed E-state index contributed by atoms with van der Waals surface area (Å²) in [6, 6.07) is 10.9. The van der Waals surface area contributed by atoms with Crippen LogP contribution in [0.25, 0.3) is 22.5 Å². The van der Waals surface area contributed by atoms with Gasteiger partial charge in [0.25, 0.3) is 0 Å². The summed E-state index contributed by atoms with van der Waals surface area (Å²) in [4.78, 5) is 12.0. The van der Waals surface area contributed by atoms with Crippen molar-refractivity contribution in [1.82, 2.24) is 9.78 Å². The SMILES string of the molecule is CCOC(=O)CCn1nc(-c2ccc(OC)c(OC)c2)c(Cl)c1-c1ccc(OC)c(OC)c1. The molecule has 3 aromatic rings. The van der Waals surface area contributed by atoms with Gasteiger partial charge in [-0.3, -0.25) is 9.48 Å². The molecule has 176 valence electrons. The number of rotatable bonds is 10. The maximum Gasteiger partial charge on any atom is 0.307 e. The van der Waals surface area contributed by atoms with Crippen LogP contribution in [-0.2, 0) is 16.1 Å². The van der Waals surface area contributed by atoms with E-state index < -0.39 is 0 Å². The maximum atomic E-state index is 12.0. The molecule has 0 bridgehead atoms. The van der Waals surface area contributed by atoms with E-state index in [-0.39, 0.29) is 18.9 Å². The summed E-state index contributed by atoms with van der Waals surface area (Å²) in [6.45, 7) is 2.38. The topological polar surface area (TPSA) is 81.0 Å². The Kier molecular flexibility index (Phi) is 8.06. The van der Waals surface area contributed by atoms with Gasteiger partial charge in [-0.2, -0.15) is 5.10 Å². The third-order valence-corrected chi connectivity index (χ3v) is 5.40. The Labute approximate surface area is 197 Å². The van der Waals surface area contributed by atoms with Crippen molar-refractivity contribution in [2.24, 2.45) is 0 Å². The predicted molar refractivity (Wildman–Crippen MR) is 126 cm³/mol. The molecule has 9 heteroatoms. The molecule has 0 N–H and O–H groups in total. The van der Waals surface area contributed by atoms with Crippen LogP contribution in [0.2, 0.25) is 5.02 Å². The van der Waals surface area contributed by atoms with E-state index in [1.165, 1.54) is 0 Å². The fourth-order valence-corrected chi connectivity index (χ4v) is 3.81. The second-order valence-corrected chi connectivity index (χ2v) is 7.31. The zero-order chi connectivity index (χ0) is 24.0. The molecule has 0 saturated heterocycles. The van der Waals surface area contributed by atoms with Crippen molar-refractivity contribution in [2.45, 2.75) is 19.9 Å². The first kappa shape index (κ1) is 24.3. The molecule has 0 aliphatic carbocycles. The molecule has 0 fully saturated rings. The maximum absolute atomic E-state index is 12.0. The van der Waals surface area contributed by atoms with Crippen LogP contribution in [0.15, 0.2) is 36.4 Å². The van der Waals surface area contributed by atoms with E-state index in [0.29, 0.717) is 46.0 Å². The normalized spacial score (nSPS) is 10.6. The van der Waals surface area contributed by atoms with Gasteiger partial charge in [-0.15, -0.1) is 0 Å². The van der Waals surface area contributed by atoms with Crippen LogP contribution >= 0.6 is 11.6 Å². The Balaban J connectivity index is 2.13. The van der Waals surface area contributed by atoms with E-state index >= 15 is 0 Å². The highest BCUT2D eigenvalue weighted by molar-refractivity contribution is 6.35. The minimum Gasteiger partial charge on any atom is -0.493 e. The summed E-state index contributed by atoms with van der Waals surface area (Å²) < 4.78 is 28.3. The molecule has 0 saturated carbocycles. The summed E-state index contributed by atoms with van der Waals surface area (Å²) >= 11 is 6.87. The number of esters is 1. The number of carbonyl (C=O) groups is 1. The lowest BCUT2D eigenvalue weighted by molar-refractivity contribution is -0.143. The van der Waals surface area contributed by atoms with E-state index in [9.17, 15) is 4.79 Å². The molecule has 0 amide bonds. The van der Waals surface area contributed by atoms with Crippen LogP contribution in [0, 0.1) is 0 Å². The first-order valence-corrected chi connectivity index (χ1v) is 10.7. The minimum absolute atomic E-state index is 0.150. The zero-order valence-electron chi connectivity index (χ0n) is 19.3. The van der Waals surface area contributed by atoms with E-state index in [4.69, 9.17) is 40.4 Å². The van der Waals surface area contributed by atoms with Gasteiger partial charge in [-0.1, -0.05) is 11.6 Å². The summed E-state index contributed by atoms with van der Waals surface area (Å²) in [5.41, 5.74) is 2.70. The predicted octanol–water partition coefficient (Wildman–Crippen LogP) is 4.86. The Bertz CT molecular complexity index is 1130. The Hall–Kier alpha value is -3.39. The van der Waals surface area contributed by atoms with Gasteiger partial charge in [0.15, 0.2) is 23.0 Å². The number of hydrogen-bond acceptors (Lipinski definition) is 7. The van der Waals surface area contributed by atoms with Crippen molar-refractivity contribution in [1.29, 1.82) is 0 Å². The van der Waals surface area contributed by atoms with Gasteiger partial charge in [0.1, 0.15) is 5.69 Å². The van der Waals surface area contributed by atoms with Crippen molar-refractivity contribution in [3.05, 3.63) is 41.4 Å². The minimum atomic E-state index is -0.310. The van der Waals surface area contributed by atoms with E-state index in [1.807, 2.05) is 18.2 Å². The summed E-state index contributed by atoms with van der Waals surface area (Å²) in [5, 5.41) is 5.15. The molecule has 0 unspecified atom stereocenters. The number of hydrogen-bond donors (Lipinski definition) is 0. The third kappa shape index (κ3) is 5.17. The summed E-state index contributed by atoms with van der Waals surface area (Å²) in [5.74, 6) is 1.99. The first-order chi connectivity index (χ1) is 16.0. The fourth-order valence-electron chi connectivity index (χ4n) is 3.46. The van der Waals surface area contributed by atoms with Gasteiger partial charge in [0.2, 0.25) is 0 Å². The monoisotopic (exact) mass is 474 g/mol. The van der Waals surface area contributed by atoms with Crippen LogP contribution in [0.3, 0.4) is 0 Å². The van der Waals surface area contributed by atoms with Gasteiger partial charge in [-0.05, 0) is 43.3 Å². The highest BCUT2D eigenvalue weighted by atomic mass is 35.5. The van der Waals surface area contributed by atoms with Crippen LogP contribution in [0.1, 0.15) is 13.3 Å². The second kappa shape index (κ2) is 11.0. The molecule has 8 nitrogen and oxygen atoms in total. The Morgan fingerprint density at radius 2 is 1.42 bits per heavy atom. The molecular weight excluding hydrogens is 448 g/mol. The molecule has 0 radical (unpaired) electrons. The number of methoxy groups -OCH3 is 4. The number of aryl methyl sites for hydroxylation is 1. The number of ether oxygens (including phenoxy) is 5. The van der Waals surface area contributed by atoms with Crippen LogP contribution in [-0.4, -0.2) is 50.8 Å². The molecule has 3 rings (SSSR count). The van der Waals surface area contributed by atoms with E-state index in [1.54, 1.807) is 58.2 Å². The van der Waals surface area contributed by atoms with Crippen molar-refractivity contribution in [3.8, 4) is 45.5 Å².